The topological polar surface area (TPSA) is 70.4 Å². The number of nitriles is 1. The number of hydrogen-bond acceptors (Lipinski definition) is 6. The maximum absolute atomic E-state index is 9.07. The van der Waals surface area contributed by atoms with Gasteiger partial charge in [0.2, 0.25) is 0 Å². The molecular formula is C20H24N4O2. The van der Waals surface area contributed by atoms with Crippen LogP contribution in [0, 0.1) is 18.3 Å². The normalized spacial score (nSPS) is 14.6. The maximum atomic E-state index is 9.07. The van der Waals surface area contributed by atoms with Gasteiger partial charge in [0, 0.05) is 26.2 Å². The van der Waals surface area contributed by atoms with Crippen molar-refractivity contribution in [3.8, 4) is 11.8 Å². The van der Waals surface area contributed by atoms with Gasteiger partial charge in [-0.2, -0.15) is 5.26 Å². The molecule has 0 aliphatic carbocycles. The summed E-state index contributed by atoms with van der Waals surface area (Å²) in [6, 6.07) is 13.9. The number of nitrogens with zero attached hydrogens (tertiary/aromatic N) is 3. The van der Waals surface area contributed by atoms with Gasteiger partial charge in [0.1, 0.15) is 29.9 Å². The van der Waals surface area contributed by atoms with E-state index >= 15 is 0 Å². The molecule has 136 valence electrons. The highest BCUT2D eigenvalue weighted by Gasteiger charge is 2.09. The van der Waals surface area contributed by atoms with Crippen molar-refractivity contribution in [1.82, 2.24) is 9.88 Å². The van der Waals surface area contributed by atoms with E-state index in [4.69, 9.17) is 14.7 Å². The lowest BCUT2D eigenvalue weighted by molar-refractivity contribution is 0.0322. The molecular weight excluding hydrogens is 328 g/mol. The molecule has 0 bridgehead atoms. The Bertz CT molecular complexity index is 767. The van der Waals surface area contributed by atoms with E-state index in [0.717, 1.165) is 49.7 Å². The number of rotatable bonds is 7. The van der Waals surface area contributed by atoms with Crippen LogP contribution >= 0.6 is 0 Å². The summed E-state index contributed by atoms with van der Waals surface area (Å²) in [5.41, 5.74) is 2.44. The van der Waals surface area contributed by atoms with E-state index < -0.39 is 0 Å². The van der Waals surface area contributed by atoms with Gasteiger partial charge in [-0.1, -0.05) is 18.2 Å². The third kappa shape index (κ3) is 5.19. The highest BCUT2D eigenvalue weighted by molar-refractivity contribution is 5.43. The summed E-state index contributed by atoms with van der Waals surface area (Å²) in [4.78, 5) is 6.66. The molecule has 0 saturated carbocycles. The number of ether oxygens (including phenoxy) is 2. The number of benzene rings is 1. The summed E-state index contributed by atoms with van der Waals surface area (Å²) in [7, 11) is 0. The lowest BCUT2D eigenvalue weighted by Crippen LogP contribution is -2.38. The molecule has 3 rings (SSSR count). The molecule has 26 heavy (non-hydrogen) atoms. The largest absolute Gasteiger partial charge is 0.492 e. The number of aryl methyl sites for hydroxylation is 1. The molecule has 2 aromatic rings. The molecule has 1 aromatic heterocycles. The third-order valence-corrected chi connectivity index (χ3v) is 4.35. The SMILES string of the molecule is Cc1ccc(NCc2cccc(OCCN3CCOCC3)c2)nc1C#N. The summed E-state index contributed by atoms with van der Waals surface area (Å²) >= 11 is 0. The van der Waals surface area contributed by atoms with Crippen LogP contribution in [0.4, 0.5) is 5.82 Å². The predicted molar refractivity (Wildman–Crippen MR) is 100 cm³/mol. The van der Waals surface area contributed by atoms with Gasteiger partial charge in [0.15, 0.2) is 0 Å². The van der Waals surface area contributed by atoms with Crippen LogP contribution in [0.2, 0.25) is 0 Å². The summed E-state index contributed by atoms with van der Waals surface area (Å²) in [5.74, 6) is 1.57. The van der Waals surface area contributed by atoms with E-state index in [1.54, 1.807) is 0 Å². The Morgan fingerprint density at radius 1 is 1.27 bits per heavy atom. The van der Waals surface area contributed by atoms with Crippen LogP contribution in [-0.2, 0) is 11.3 Å². The molecule has 2 heterocycles. The van der Waals surface area contributed by atoms with Gasteiger partial charge in [0.25, 0.3) is 0 Å². The third-order valence-electron chi connectivity index (χ3n) is 4.35. The summed E-state index contributed by atoms with van der Waals surface area (Å²) in [6.07, 6.45) is 0. The van der Waals surface area contributed by atoms with Crippen LogP contribution in [0.15, 0.2) is 36.4 Å². The summed E-state index contributed by atoms with van der Waals surface area (Å²) in [6.45, 7) is 7.65. The molecule has 1 aliphatic heterocycles. The predicted octanol–water partition coefficient (Wildman–Crippen LogP) is 2.58. The quantitative estimate of drug-likeness (QED) is 0.826. The van der Waals surface area contributed by atoms with Crippen LogP contribution in [0.25, 0.3) is 0 Å². The maximum Gasteiger partial charge on any atom is 0.145 e. The Morgan fingerprint density at radius 2 is 2.12 bits per heavy atom. The van der Waals surface area contributed by atoms with E-state index in [1.807, 2.05) is 43.3 Å². The minimum atomic E-state index is 0.454. The first-order chi connectivity index (χ1) is 12.7. The van der Waals surface area contributed by atoms with Crippen molar-refractivity contribution in [2.24, 2.45) is 0 Å². The van der Waals surface area contributed by atoms with Crippen molar-refractivity contribution in [1.29, 1.82) is 5.26 Å². The first kappa shape index (κ1) is 18.2. The molecule has 0 spiro atoms. The Kier molecular flexibility index (Phi) is 6.42. The lowest BCUT2D eigenvalue weighted by atomic mass is 10.2. The average molecular weight is 352 g/mol. The summed E-state index contributed by atoms with van der Waals surface area (Å²) < 4.78 is 11.2. The molecule has 1 aliphatic rings. The number of hydrogen-bond donors (Lipinski definition) is 1. The van der Waals surface area contributed by atoms with Crippen molar-refractivity contribution in [3.63, 3.8) is 0 Å². The molecule has 6 heteroatoms. The number of pyridine rings is 1. The molecule has 1 aromatic carbocycles. The fourth-order valence-electron chi connectivity index (χ4n) is 2.80. The fourth-order valence-corrected chi connectivity index (χ4v) is 2.80. The smallest absolute Gasteiger partial charge is 0.145 e. The van der Waals surface area contributed by atoms with Gasteiger partial charge < -0.3 is 14.8 Å². The molecule has 0 unspecified atom stereocenters. The Morgan fingerprint density at radius 3 is 2.92 bits per heavy atom. The molecule has 1 N–H and O–H groups in total. The monoisotopic (exact) mass is 352 g/mol. The highest BCUT2D eigenvalue weighted by Crippen LogP contribution is 2.16. The van der Waals surface area contributed by atoms with Gasteiger partial charge in [0.05, 0.1) is 13.2 Å². The van der Waals surface area contributed by atoms with Crippen LogP contribution in [0.3, 0.4) is 0 Å². The number of morpholine rings is 1. The van der Waals surface area contributed by atoms with Crippen LogP contribution in [0.5, 0.6) is 5.75 Å². The zero-order valence-electron chi connectivity index (χ0n) is 15.1. The minimum Gasteiger partial charge on any atom is -0.492 e. The van der Waals surface area contributed by atoms with Gasteiger partial charge in [-0.25, -0.2) is 4.98 Å². The van der Waals surface area contributed by atoms with Gasteiger partial charge in [-0.15, -0.1) is 0 Å². The van der Waals surface area contributed by atoms with Crippen molar-refractivity contribution in [3.05, 3.63) is 53.2 Å². The fraction of sp³-hybridized carbons (Fsp3) is 0.400. The van der Waals surface area contributed by atoms with E-state index in [-0.39, 0.29) is 0 Å². The second kappa shape index (κ2) is 9.18. The highest BCUT2D eigenvalue weighted by atomic mass is 16.5. The van der Waals surface area contributed by atoms with E-state index in [9.17, 15) is 0 Å². The zero-order chi connectivity index (χ0) is 18.2. The number of nitrogens with one attached hydrogen (secondary N) is 1. The average Bonchev–Trinajstić information content (AvgIpc) is 2.68. The molecule has 0 amide bonds. The second-order valence-corrected chi connectivity index (χ2v) is 6.28. The first-order valence-electron chi connectivity index (χ1n) is 8.88. The number of anilines is 1. The molecule has 1 saturated heterocycles. The van der Waals surface area contributed by atoms with Crippen molar-refractivity contribution in [2.45, 2.75) is 13.5 Å². The van der Waals surface area contributed by atoms with E-state index in [2.05, 4.69) is 21.3 Å². The van der Waals surface area contributed by atoms with Crippen molar-refractivity contribution >= 4 is 5.82 Å². The Hall–Kier alpha value is -2.62. The van der Waals surface area contributed by atoms with Crippen molar-refractivity contribution in [2.75, 3.05) is 44.8 Å². The van der Waals surface area contributed by atoms with Crippen LogP contribution in [-0.4, -0.2) is 49.3 Å². The van der Waals surface area contributed by atoms with E-state index in [0.29, 0.717) is 24.7 Å². The van der Waals surface area contributed by atoms with Gasteiger partial charge >= 0.3 is 0 Å². The molecule has 0 radical (unpaired) electrons. The molecule has 6 nitrogen and oxygen atoms in total. The van der Waals surface area contributed by atoms with Crippen LogP contribution < -0.4 is 10.1 Å². The Labute approximate surface area is 154 Å². The van der Waals surface area contributed by atoms with Crippen molar-refractivity contribution < 1.29 is 9.47 Å². The zero-order valence-corrected chi connectivity index (χ0v) is 15.1. The Balaban J connectivity index is 1.50. The minimum absolute atomic E-state index is 0.454. The standard InChI is InChI=1S/C20H24N4O2/c1-16-5-6-20(23-19(16)14-21)22-15-17-3-2-4-18(13-17)26-12-9-24-7-10-25-11-8-24/h2-6,13H,7-12,15H2,1H3,(H,22,23). The van der Waals surface area contributed by atoms with Gasteiger partial charge in [-0.3, -0.25) is 4.90 Å². The molecule has 1 fully saturated rings. The molecule has 0 atom stereocenters. The van der Waals surface area contributed by atoms with Crippen LogP contribution in [0.1, 0.15) is 16.8 Å². The number of aromatic nitrogens is 1. The lowest BCUT2D eigenvalue weighted by Gasteiger charge is -2.26. The van der Waals surface area contributed by atoms with Gasteiger partial charge in [-0.05, 0) is 36.2 Å². The first-order valence-corrected chi connectivity index (χ1v) is 8.88. The second-order valence-electron chi connectivity index (χ2n) is 6.28. The van der Waals surface area contributed by atoms with E-state index in [1.165, 1.54) is 0 Å². The summed E-state index contributed by atoms with van der Waals surface area (Å²) in [5, 5.41) is 12.3.